The lowest BCUT2D eigenvalue weighted by atomic mass is 10.0. The van der Waals surface area contributed by atoms with Crippen LogP contribution in [0.25, 0.3) is 28.0 Å². The van der Waals surface area contributed by atoms with E-state index in [1.807, 2.05) is 31.2 Å². The van der Waals surface area contributed by atoms with Gasteiger partial charge in [0.1, 0.15) is 18.2 Å². The normalized spacial score (nSPS) is 17.7. The Kier molecular flexibility index (Phi) is 9.86. The zero-order valence-corrected chi connectivity index (χ0v) is 24.8. The van der Waals surface area contributed by atoms with Crippen LogP contribution in [0, 0.1) is 11.2 Å². The number of nitrogens with two attached hydrogens (primary N) is 1. The molecular formula is C31H37ClF2N8O. The van der Waals surface area contributed by atoms with Crippen molar-refractivity contribution in [2.45, 2.75) is 50.7 Å². The van der Waals surface area contributed by atoms with Gasteiger partial charge in [-0.1, -0.05) is 23.7 Å². The summed E-state index contributed by atoms with van der Waals surface area (Å²) in [5.74, 6) is -0.636. The minimum absolute atomic E-state index is 0.0440. The van der Waals surface area contributed by atoms with Crippen LogP contribution in [-0.2, 0) is 6.42 Å². The molecule has 1 saturated heterocycles. The van der Waals surface area contributed by atoms with Crippen molar-refractivity contribution < 1.29 is 8.78 Å². The number of aryl methyl sites for hydroxylation is 1. The summed E-state index contributed by atoms with van der Waals surface area (Å²) in [6.45, 7) is 3.22. The molecule has 2 aromatic heterocycles. The molecule has 0 saturated carbocycles. The summed E-state index contributed by atoms with van der Waals surface area (Å²) in [7, 11) is 0. The van der Waals surface area contributed by atoms with Crippen LogP contribution >= 0.6 is 11.6 Å². The standard InChI is InChI=1S/C31H37ClF2N8O/c1-18(35)3-2-4-19-11-24(29(34)25(32)12-19)26-13-21-17-42(31(43)41-30(21)40-26)23-7-5-20(6-8-23)27-16-37-15-22(39-27)9-10-38-28(36)14-33/h5-8,11-13,17-18,22,27,37,39H,2-4,9-10,14-16,35H2,1H3,(H2,36,38)(H,40,41,43)/t18-,22-,27-/m0/s1. The highest BCUT2D eigenvalue weighted by molar-refractivity contribution is 6.31. The summed E-state index contributed by atoms with van der Waals surface area (Å²) < 4.78 is 29.1. The van der Waals surface area contributed by atoms with E-state index in [-0.39, 0.29) is 29.0 Å². The van der Waals surface area contributed by atoms with Gasteiger partial charge in [0.05, 0.1) is 16.4 Å². The molecule has 12 heteroatoms. The third-order valence-electron chi connectivity index (χ3n) is 7.73. The SMILES string of the molecule is C[C@H](N)CCCc1cc(Cl)c(F)c(-c2cc3cn(-c4ccc([C@@H]5CNC[C@H](CCNC(=N)CF)N5)cc4)c(=O)nc3[nH]2)c1. The maximum Gasteiger partial charge on any atom is 0.354 e. The van der Waals surface area contributed by atoms with Crippen LogP contribution in [0.3, 0.4) is 0 Å². The van der Waals surface area contributed by atoms with Crippen molar-refractivity contribution in [1.29, 1.82) is 5.41 Å². The molecule has 3 heterocycles. The summed E-state index contributed by atoms with van der Waals surface area (Å²) >= 11 is 6.24. The molecule has 1 fully saturated rings. The molecule has 4 aromatic rings. The molecule has 0 aliphatic carbocycles. The Morgan fingerprint density at radius 3 is 2.79 bits per heavy atom. The third kappa shape index (κ3) is 7.48. The quantitative estimate of drug-likeness (QED) is 0.110. The first kappa shape index (κ1) is 30.8. The highest BCUT2D eigenvalue weighted by atomic mass is 35.5. The molecule has 1 aliphatic heterocycles. The van der Waals surface area contributed by atoms with Gasteiger partial charge in [0.15, 0.2) is 5.82 Å². The Labute approximate surface area is 253 Å². The Morgan fingerprint density at radius 2 is 2.05 bits per heavy atom. The number of nitrogens with zero attached hydrogens (tertiary/aromatic N) is 2. The van der Waals surface area contributed by atoms with Crippen molar-refractivity contribution >= 4 is 28.5 Å². The highest BCUT2D eigenvalue weighted by Crippen LogP contribution is 2.31. The van der Waals surface area contributed by atoms with Crippen LogP contribution in [0.1, 0.15) is 43.4 Å². The lowest BCUT2D eigenvalue weighted by Crippen LogP contribution is -2.51. The number of rotatable bonds is 11. The molecular weight excluding hydrogens is 574 g/mol. The Morgan fingerprint density at radius 1 is 1.26 bits per heavy atom. The van der Waals surface area contributed by atoms with Gasteiger partial charge in [-0.15, -0.1) is 0 Å². The maximum absolute atomic E-state index is 15.1. The number of hydrogen-bond acceptors (Lipinski definition) is 6. The van der Waals surface area contributed by atoms with Gasteiger partial charge in [0, 0.05) is 54.9 Å². The first-order valence-corrected chi connectivity index (χ1v) is 14.9. The predicted octanol–water partition coefficient (Wildman–Crippen LogP) is 4.37. The molecule has 3 atom stereocenters. The van der Waals surface area contributed by atoms with E-state index < -0.39 is 18.2 Å². The van der Waals surface area contributed by atoms with Crippen LogP contribution in [0.15, 0.2) is 53.5 Å². The molecule has 9 nitrogen and oxygen atoms in total. The predicted molar refractivity (Wildman–Crippen MR) is 168 cm³/mol. The Bertz CT molecular complexity index is 1640. The van der Waals surface area contributed by atoms with Gasteiger partial charge >= 0.3 is 5.69 Å². The van der Waals surface area contributed by atoms with Gasteiger partial charge in [0.25, 0.3) is 0 Å². The number of hydrogen-bond donors (Lipinski definition) is 6. The summed E-state index contributed by atoms with van der Waals surface area (Å²) in [6, 6.07) is 13.2. The minimum Gasteiger partial charge on any atom is -0.372 e. The molecule has 0 amide bonds. The van der Waals surface area contributed by atoms with Gasteiger partial charge in [-0.3, -0.25) is 9.98 Å². The second-order valence-corrected chi connectivity index (χ2v) is 11.6. The van der Waals surface area contributed by atoms with Crippen LogP contribution in [0.4, 0.5) is 8.78 Å². The molecule has 5 rings (SSSR count). The van der Waals surface area contributed by atoms with Gasteiger partial charge in [-0.2, -0.15) is 4.98 Å². The average Bonchev–Trinajstić information content (AvgIpc) is 3.41. The first-order chi connectivity index (χ1) is 20.7. The minimum atomic E-state index is -0.793. The fourth-order valence-electron chi connectivity index (χ4n) is 5.45. The molecule has 0 unspecified atom stereocenters. The molecule has 2 aromatic carbocycles. The zero-order chi connectivity index (χ0) is 30.5. The topological polar surface area (TPSA) is 137 Å². The molecule has 228 valence electrons. The molecule has 0 spiro atoms. The monoisotopic (exact) mass is 610 g/mol. The number of halogens is 3. The number of fused-ring (bicyclic) bond motifs is 1. The number of amidine groups is 1. The zero-order valence-electron chi connectivity index (χ0n) is 24.0. The summed E-state index contributed by atoms with van der Waals surface area (Å²) in [5, 5.41) is 17.9. The smallest absolute Gasteiger partial charge is 0.354 e. The number of piperazine rings is 1. The van der Waals surface area contributed by atoms with E-state index in [0.29, 0.717) is 34.5 Å². The van der Waals surface area contributed by atoms with Crippen molar-refractivity contribution in [3.63, 3.8) is 0 Å². The van der Waals surface area contributed by atoms with E-state index in [9.17, 15) is 9.18 Å². The molecule has 0 radical (unpaired) electrons. The maximum atomic E-state index is 15.1. The highest BCUT2D eigenvalue weighted by Gasteiger charge is 2.22. The van der Waals surface area contributed by atoms with Gasteiger partial charge in [-0.05, 0) is 74.1 Å². The van der Waals surface area contributed by atoms with Crippen LogP contribution in [0.2, 0.25) is 5.02 Å². The van der Waals surface area contributed by atoms with E-state index >= 15 is 4.39 Å². The van der Waals surface area contributed by atoms with Crippen molar-refractivity contribution in [2.75, 3.05) is 26.3 Å². The van der Waals surface area contributed by atoms with Gasteiger partial charge in [-0.25, -0.2) is 13.6 Å². The second-order valence-electron chi connectivity index (χ2n) is 11.2. The second kappa shape index (κ2) is 13.8. The van der Waals surface area contributed by atoms with Crippen LogP contribution < -0.4 is 27.4 Å². The number of benzene rings is 2. The van der Waals surface area contributed by atoms with Crippen molar-refractivity contribution in [1.82, 2.24) is 30.5 Å². The first-order valence-electron chi connectivity index (χ1n) is 14.5. The van der Waals surface area contributed by atoms with E-state index in [0.717, 1.165) is 49.9 Å². The molecule has 0 bridgehead atoms. The fourth-order valence-corrected chi connectivity index (χ4v) is 5.70. The Hall–Kier alpha value is -3.64. The number of aromatic nitrogens is 3. The van der Waals surface area contributed by atoms with Gasteiger partial charge < -0.3 is 26.7 Å². The summed E-state index contributed by atoms with van der Waals surface area (Å²) in [5.41, 5.74) is 9.22. The van der Waals surface area contributed by atoms with E-state index in [2.05, 4.69) is 25.9 Å². The average molecular weight is 611 g/mol. The number of nitrogens with one attached hydrogen (secondary N) is 5. The summed E-state index contributed by atoms with van der Waals surface area (Å²) in [4.78, 5) is 20.3. The fraction of sp³-hybridized carbons (Fsp3) is 0.387. The summed E-state index contributed by atoms with van der Waals surface area (Å²) in [6.07, 6.45) is 4.90. The molecule has 43 heavy (non-hydrogen) atoms. The molecule has 1 aliphatic rings. The van der Waals surface area contributed by atoms with E-state index in [4.69, 9.17) is 22.7 Å². The van der Waals surface area contributed by atoms with Crippen molar-refractivity contribution in [2.24, 2.45) is 5.73 Å². The van der Waals surface area contributed by atoms with Gasteiger partial charge in [0.2, 0.25) is 0 Å². The lowest BCUT2D eigenvalue weighted by Gasteiger charge is -2.32. The van der Waals surface area contributed by atoms with E-state index in [1.54, 1.807) is 24.4 Å². The van der Waals surface area contributed by atoms with Crippen LogP contribution in [0.5, 0.6) is 0 Å². The number of aromatic amines is 1. The number of H-pyrrole nitrogens is 1. The van der Waals surface area contributed by atoms with Crippen molar-refractivity contribution in [3.8, 4) is 16.9 Å². The lowest BCUT2D eigenvalue weighted by molar-refractivity contribution is 0.330. The third-order valence-corrected chi connectivity index (χ3v) is 8.00. The van der Waals surface area contributed by atoms with Crippen LogP contribution in [-0.4, -0.2) is 58.8 Å². The largest absolute Gasteiger partial charge is 0.372 e. The van der Waals surface area contributed by atoms with Crippen molar-refractivity contribution in [3.05, 3.63) is 81.1 Å². The van der Waals surface area contributed by atoms with E-state index in [1.165, 1.54) is 4.57 Å². The number of alkyl halides is 1. The Balaban J connectivity index is 1.33. The molecule has 7 N–H and O–H groups in total.